The molecule has 0 spiro atoms. The van der Waals surface area contributed by atoms with E-state index in [1.54, 1.807) is 12.5 Å². The van der Waals surface area contributed by atoms with E-state index in [0.29, 0.717) is 49.9 Å². The van der Waals surface area contributed by atoms with Gasteiger partial charge >= 0.3 is 0 Å². The van der Waals surface area contributed by atoms with Gasteiger partial charge in [0, 0.05) is 30.6 Å². The van der Waals surface area contributed by atoms with Crippen molar-refractivity contribution in [3.8, 4) is 0 Å². The lowest BCUT2D eigenvalue weighted by Gasteiger charge is -2.31. The fourth-order valence-electron chi connectivity index (χ4n) is 3.57. The minimum absolute atomic E-state index is 0.254. The molecule has 176 valence electrons. The van der Waals surface area contributed by atoms with Crippen molar-refractivity contribution in [2.75, 3.05) is 6.54 Å². The number of hydrogen-bond acceptors (Lipinski definition) is 10. The van der Waals surface area contributed by atoms with Crippen molar-refractivity contribution in [1.82, 2.24) is 20.9 Å². The summed E-state index contributed by atoms with van der Waals surface area (Å²) < 4.78 is 10.8. The van der Waals surface area contributed by atoms with Gasteiger partial charge in [0.1, 0.15) is 23.9 Å². The average Bonchev–Trinajstić information content (AvgIpc) is 3.36. The molecule has 12 heteroatoms. The number of nitrogens with two attached hydrogens (primary N) is 2. The summed E-state index contributed by atoms with van der Waals surface area (Å²) in [6.45, 7) is 7.43. The smallest absolute Gasteiger partial charge is 0.203 e. The Morgan fingerprint density at radius 1 is 1.00 bits per heavy atom. The van der Waals surface area contributed by atoms with Crippen LogP contribution in [0.5, 0.6) is 0 Å². The maximum atomic E-state index is 6.01. The molecule has 12 nitrogen and oxygen atoms in total. The zero-order valence-electron chi connectivity index (χ0n) is 19.0. The van der Waals surface area contributed by atoms with Crippen LogP contribution in [0.3, 0.4) is 0 Å². The minimum Gasteiger partial charge on any atom is -0.469 e. The molecule has 2 aromatic heterocycles. The monoisotopic (exact) mass is 454 g/mol. The first-order chi connectivity index (χ1) is 15.9. The maximum Gasteiger partial charge on any atom is 0.203 e. The van der Waals surface area contributed by atoms with E-state index in [0.717, 1.165) is 22.6 Å². The summed E-state index contributed by atoms with van der Waals surface area (Å²) in [6, 6.07) is 3.86. The van der Waals surface area contributed by atoms with Crippen molar-refractivity contribution >= 4 is 23.8 Å². The quantitative estimate of drug-likeness (QED) is 0.407. The molecule has 2 aliphatic heterocycles. The Labute approximate surface area is 191 Å². The number of aliphatic imine (C=N–C) groups is 4. The summed E-state index contributed by atoms with van der Waals surface area (Å²) in [6.07, 6.45) is 3.47. The molecule has 0 bridgehead atoms. The number of nitrogens with zero attached hydrogens (tertiary/aromatic N) is 5. The van der Waals surface area contributed by atoms with Gasteiger partial charge in [0.2, 0.25) is 5.96 Å². The van der Waals surface area contributed by atoms with Crippen LogP contribution in [0.2, 0.25) is 0 Å². The summed E-state index contributed by atoms with van der Waals surface area (Å²) in [5.41, 5.74) is 14.0. The van der Waals surface area contributed by atoms with E-state index in [1.807, 2.05) is 32.9 Å². The highest BCUT2D eigenvalue weighted by Crippen LogP contribution is 2.15. The highest BCUT2D eigenvalue weighted by molar-refractivity contribution is 6.00. The molecule has 33 heavy (non-hydrogen) atoms. The van der Waals surface area contributed by atoms with Gasteiger partial charge < -0.3 is 30.5 Å². The van der Waals surface area contributed by atoms with Crippen LogP contribution in [0, 0.1) is 13.8 Å². The Kier molecular flexibility index (Phi) is 6.52. The van der Waals surface area contributed by atoms with E-state index in [-0.39, 0.29) is 12.3 Å². The molecule has 0 aliphatic carbocycles. The van der Waals surface area contributed by atoms with Gasteiger partial charge in [-0.1, -0.05) is 0 Å². The van der Waals surface area contributed by atoms with Crippen LogP contribution >= 0.6 is 0 Å². The fourth-order valence-corrected chi connectivity index (χ4v) is 3.57. The first-order valence-corrected chi connectivity index (χ1v) is 10.8. The Balaban J connectivity index is 1.44. The van der Waals surface area contributed by atoms with Crippen molar-refractivity contribution in [1.29, 1.82) is 0 Å². The Morgan fingerprint density at radius 2 is 1.70 bits per heavy atom. The van der Waals surface area contributed by atoms with E-state index in [1.165, 1.54) is 0 Å². The first kappa shape index (κ1) is 22.2. The minimum atomic E-state index is -0.259. The summed E-state index contributed by atoms with van der Waals surface area (Å²) in [7, 11) is 0. The van der Waals surface area contributed by atoms with E-state index in [2.05, 4.69) is 40.8 Å². The van der Waals surface area contributed by atoms with Crippen LogP contribution in [-0.4, -0.2) is 47.6 Å². The zero-order valence-corrected chi connectivity index (χ0v) is 19.0. The lowest BCUT2D eigenvalue weighted by molar-refractivity contribution is 0.363. The number of aryl methyl sites for hydroxylation is 2. The second-order valence-corrected chi connectivity index (χ2v) is 7.90. The number of guanidine groups is 4. The van der Waals surface area contributed by atoms with E-state index < -0.39 is 0 Å². The van der Waals surface area contributed by atoms with Crippen molar-refractivity contribution in [2.24, 2.45) is 31.4 Å². The number of furan rings is 2. The Hall–Kier alpha value is -3.96. The first-order valence-electron chi connectivity index (χ1n) is 10.8. The summed E-state index contributed by atoms with van der Waals surface area (Å²) >= 11 is 0. The molecule has 2 unspecified atom stereocenters. The number of rotatable bonds is 7. The lowest BCUT2D eigenvalue weighted by Crippen LogP contribution is -2.55. The Bertz CT molecular complexity index is 1100. The summed E-state index contributed by atoms with van der Waals surface area (Å²) in [5, 5.41) is 9.35. The standard InChI is InChI=1S/C21H30N10O2/c1-12-15(5-8-32-12)10-24-20-28-17(27-19(23)29-20)4-7-31(11-16-6-9-33-13(16)2)21-26-14(3)25-18(22)30-21/h5-6,8-9,14,17H,4,7,10-11H2,1-3H3,(H3,22,25,26,30)(H4,23,24,27,28,29). The summed E-state index contributed by atoms with van der Waals surface area (Å²) in [4.78, 5) is 20.0. The van der Waals surface area contributed by atoms with E-state index in [4.69, 9.17) is 20.3 Å². The van der Waals surface area contributed by atoms with Crippen LogP contribution in [-0.2, 0) is 13.1 Å². The lowest BCUT2D eigenvalue weighted by atomic mass is 10.2. The van der Waals surface area contributed by atoms with Crippen LogP contribution in [0.15, 0.2) is 53.5 Å². The van der Waals surface area contributed by atoms with Crippen LogP contribution in [0.1, 0.15) is 36.0 Å². The largest absolute Gasteiger partial charge is 0.469 e. The molecule has 0 radical (unpaired) electrons. The van der Waals surface area contributed by atoms with Gasteiger partial charge in [0.25, 0.3) is 0 Å². The molecule has 0 saturated carbocycles. The van der Waals surface area contributed by atoms with E-state index in [9.17, 15) is 0 Å². The molecular weight excluding hydrogens is 424 g/mol. The molecule has 2 atom stereocenters. The van der Waals surface area contributed by atoms with Crippen LogP contribution < -0.4 is 27.4 Å². The van der Waals surface area contributed by atoms with Gasteiger partial charge in [-0.25, -0.2) is 20.0 Å². The average molecular weight is 455 g/mol. The molecule has 4 heterocycles. The normalized spacial score (nSPS) is 21.4. The predicted molar refractivity (Wildman–Crippen MR) is 126 cm³/mol. The molecule has 2 aliphatic rings. The molecule has 0 aromatic carbocycles. The highest BCUT2D eigenvalue weighted by atomic mass is 16.3. The van der Waals surface area contributed by atoms with Gasteiger partial charge in [0.15, 0.2) is 17.9 Å². The third kappa shape index (κ3) is 5.64. The third-order valence-corrected chi connectivity index (χ3v) is 5.39. The molecule has 2 aromatic rings. The second-order valence-electron chi connectivity index (χ2n) is 7.90. The van der Waals surface area contributed by atoms with Crippen molar-refractivity contribution < 1.29 is 8.83 Å². The van der Waals surface area contributed by atoms with Gasteiger partial charge in [-0.2, -0.15) is 0 Å². The SMILES string of the molecule is Cc1occc1CN=C1NC(N)=NC(CCN(Cc2ccoc2C)C2=NC(C)N=C(N)N2)N1. The van der Waals surface area contributed by atoms with Crippen molar-refractivity contribution in [3.05, 3.63) is 47.3 Å². The summed E-state index contributed by atoms with van der Waals surface area (Å²) in [5.74, 6) is 3.59. The van der Waals surface area contributed by atoms with E-state index >= 15 is 0 Å². The molecule has 4 rings (SSSR count). The fraction of sp³-hybridized carbons (Fsp3) is 0.429. The molecule has 0 fully saturated rings. The predicted octanol–water partition coefficient (Wildman–Crippen LogP) is 0.691. The highest BCUT2D eigenvalue weighted by Gasteiger charge is 2.23. The molecular formula is C21H30N10O2. The van der Waals surface area contributed by atoms with Crippen molar-refractivity contribution in [3.63, 3.8) is 0 Å². The molecule has 0 saturated heterocycles. The van der Waals surface area contributed by atoms with Gasteiger partial charge in [-0.05, 0) is 32.9 Å². The van der Waals surface area contributed by atoms with Gasteiger partial charge in [0.05, 0.1) is 19.1 Å². The number of hydrogen-bond donors (Lipinski definition) is 5. The Morgan fingerprint density at radius 3 is 2.36 bits per heavy atom. The maximum absolute atomic E-state index is 6.01. The molecule has 0 amide bonds. The van der Waals surface area contributed by atoms with Crippen LogP contribution in [0.4, 0.5) is 0 Å². The number of nitrogens with one attached hydrogen (secondary N) is 3. The second kappa shape index (κ2) is 9.67. The topological polar surface area (TPSA) is 167 Å². The molecule has 7 N–H and O–H groups in total. The third-order valence-electron chi connectivity index (χ3n) is 5.39. The van der Waals surface area contributed by atoms with Crippen molar-refractivity contribution in [2.45, 2.75) is 52.6 Å². The van der Waals surface area contributed by atoms with Gasteiger partial charge in [-0.15, -0.1) is 0 Å². The zero-order chi connectivity index (χ0) is 23.4. The van der Waals surface area contributed by atoms with Gasteiger partial charge in [-0.3, -0.25) is 10.6 Å². The van der Waals surface area contributed by atoms with Crippen LogP contribution in [0.25, 0.3) is 0 Å².